The number of nitrogens with zero attached hydrogens (tertiary/aromatic N) is 2. The van der Waals surface area contributed by atoms with Crippen LogP contribution in [-0.4, -0.2) is 28.5 Å². The first-order chi connectivity index (χ1) is 8.28. The van der Waals surface area contributed by atoms with Gasteiger partial charge in [-0.05, 0) is 31.9 Å². The summed E-state index contributed by atoms with van der Waals surface area (Å²) >= 11 is 0. The summed E-state index contributed by atoms with van der Waals surface area (Å²) in [5.41, 5.74) is 1.16. The van der Waals surface area contributed by atoms with Crippen LogP contribution in [0.1, 0.15) is 37.9 Å². The van der Waals surface area contributed by atoms with Crippen molar-refractivity contribution in [3.63, 3.8) is 0 Å². The normalized spacial score (nSPS) is 33.2. The first-order valence-corrected chi connectivity index (χ1v) is 6.66. The molecule has 4 heteroatoms. The second kappa shape index (κ2) is 4.42. The maximum absolute atomic E-state index is 5.97. The fraction of sp³-hybridized carbons (Fsp3) is 0.769. The lowest BCUT2D eigenvalue weighted by molar-refractivity contribution is 0.0854. The number of aryl methyl sites for hydroxylation is 1. The number of rotatable bonds is 4. The van der Waals surface area contributed by atoms with Crippen molar-refractivity contribution in [1.29, 1.82) is 0 Å². The molecule has 0 radical (unpaired) electrons. The van der Waals surface area contributed by atoms with Crippen molar-refractivity contribution >= 4 is 0 Å². The quantitative estimate of drug-likeness (QED) is 0.862. The third-order valence-corrected chi connectivity index (χ3v) is 4.06. The summed E-state index contributed by atoms with van der Waals surface area (Å²) in [5, 5.41) is 8.14. The summed E-state index contributed by atoms with van der Waals surface area (Å²) < 4.78 is 7.85. The predicted octanol–water partition coefficient (Wildman–Crippen LogP) is 1.64. The van der Waals surface area contributed by atoms with Gasteiger partial charge < -0.3 is 10.1 Å². The molecule has 0 spiro atoms. The summed E-state index contributed by atoms with van der Waals surface area (Å²) in [4.78, 5) is 0. The van der Waals surface area contributed by atoms with E-state index < -0.39 is 0 Å². The van der Waals surface area contributed by atoms with Crippen LogP contribution >= 0.6 is 0 Å². The van der Waals surface area contributed by atoms with Crippen LogP contribution in [0.25, 0.3) is 0 Å². The first-order valence-electron chi connectivity index (χ1n) is 6.66. The molecule has 2 saturated heterocycles. The zero-order valence-corrected chi connectivity index (χ0v) is 10.6. The molecule has 1 aromatic rings. The van der Waals surface area contributed by atoms with Crippen LogP contribution in [0.2, 0.25) is 0 Å². The Hall–Kier alpha value is -0.870. The van der Waals surface area contributed by atoms with Gasteiger partial charge in [0.2, 0.25) is 0 Å². The van der Waals surface area contributed by atoms with E-state index in [1.54, 1.807) is 0 Å². The molecule has 17 heavy (non-hydrogen) atoms. The molecule has 2 aliphatic rings. The van der Waals surface area contributed by atoms with Gasteiger partial charge in [0.25, 0.3) is 0 Å². The molecule has 0 aliphatic carbocycles. The Morgan fingerprint density at radius 2 is 2.47 bits per heavy atom. The van der Waals surface area contributed by atoms with Crippen molar-refractivity contribution < 1.29 is 4.74 Å². The average Bonchev–Trinajstić information content (AvgIpc) is 3.01. The van der Waals surface area contributed by atoms with Gasteiger partial charge in [0.05, 0.1) is 23.9 Å². The highest BCUT2D eigenvalue weighted by Crippen LogP contribution is 2.44. The number of fused-ring (bicyclic) bond motifs is 2. The Kier molecular flexibility index (Phi) is 2.92. The van der Waals surface area contributed by atoms with Gasteiger partial charge in [0.15, 0.2) is 0 Å². The van der Waals surface area contributed by atoms with E-state index in [-0.39, 0.29) is 0 Å². The summed E-state index contributed by atoms with van der Waals surface area (Å²) in [7, 11) is 1.98. The summed E-state index contributed by atoms with van der Waals surface area (Å²) in [6.07, 6.45) is 6.65. The van der Waals surface area contributed by atoms with Crippen LogP contribution < -0.4 is 5.32 Å². The van der Waals surface area contributed by atoms with Gasteiger partial charge in [-0.1, -0.05) is 6.92 Å². The molecule has 0 amide bonds. The van der Waals surface area contributed by atoms with Crippen LogP contribution in [0.3, 0.4) is 0 Å². The highest BCUT2D eigenvalue weighted by atomic mass is 16.5. The molecular weight excluding hydrogens is 214 g/mol. The predicted molar refractivity (Wildman–Crippen MR) is 65.6 cm³/mol. The molecule has 4 nitrogen and oxygen atoms in total. The van der Waals surface area contributed by atoms with Gasteiger partial charge in [-0.15, -0.1) is 0 Å². The average molecular weight is 235 g/mol. The Bertz CT molecular complexity index is 390. The lowest BCUT2D eigenvalue weighted by Crippen LogP contribution is -2.34. The van der Waals surface area contributed by atoms with Crippen LogP contribution in [0.5, 0.6) is 0 Å². The molecule has 0 aromatic carbocycles. The maximum Gasteiger partial charge on any atom is 0.0797 e. The molecule has 0 saturated carbocycles. The van der Waals surface area contributed by atoms with Gasteiger partial charge in [-0.2, -0.15) is 5.10 Å². The van der Waals surface area contributed by atoms with E-state index in [1.807, 2.05) is 17.9 Å². The largest absolute Gasteiger partial charge is 0.375 e. The van der Waals surface area contributed by atoms with Crippen molar-refractivity contribution in [1.82, 2.24) is 15.1 Å². The van der Waals surface area contributed by atoms with Crippen molar-refractivity contribution in [2.24, 2.45) is 13.0 Å². The molecule has 2 bridgehead atoms. The second-order valence-corrected chi connectivity index (χ2v) is 5.22. The second-order valence-electron chi connectivity index (χ2n) is 5.22. The smallest absolute Gasteiger partial charge is 0.0797 e. The van der Waals surface area contributed by atoms with Crippen LogP contribution in [-0.2, 0) is 11.8 Å². The van der Waals surface area contributed by atoms with Gasteiger partial charge >= 0.3 is 0 Å². The third-order valence-electron chi connectivity index (χ3n) is 4.06. The standard InChI is InChI=1S/C13H21N3O/c1-3-14-13(11-6-7-16(2)15-11)10-8-9-4-5-12(10)17-9/h6-7,9-10,12-14H,3-5,8H2,1-2H3. The van der Waals surface area contributed by atoms with Crippen molar-refractivity contribution in [2.45, 2.75) is 44.4 Å². The number of nitrogens with one attached hydrogen (secondary N) is 1. The molecule has 2 fully saturated rings. The summed E-state index contributed by atoms with van der Waals surface area (Å²) in [5.74, 6) is 0.601. The Morgan fingerprint density at radius 3 is 3.00 bits per heavy atom. The molecule has 3 heterocycles. The minimum atomic E-state index is 0.358. The van der Waals surface area contributed by atoms with E-state index in [1.165, 1.54) is 19.3 Å². The molecule has 4 unspecified atom stereocenters. The van der Waals surface area contributed by atoms with Crippen LogP contribution in [0, 0.1) is 5.92 Å². The lowest BCUT2D eigenvalue weighted by Gasteiger charge is -2.27. The van der Waals surface area contributed by atoms with Crippen molar-refractivity contribution in [3.8, 4) is 0 Å². The Labute approximate surface area is 102 Å². The van der Waals surface area contributed by atoms with E-state index in [0.717, 1.165) is 12.2 Å². The number of ether oxygens (including phenoxy) is 1. The summed E-state index contributed by atoms with van der Waals surface area (Å²) in [6, 6.07) is 2.48. The van der Waals surface area contributed by atoms with Crippen molar-refractivity contribution in [2.75, 3.05) is 6.54 Å². The van der Waals surface area contributed by atoms with Crippen LogP contribution in [0.15, 0.2) is 12.3 Å². The Balaban J connectivity index is 1.80. The fourth-order valence-electron chi connectivity index (χ4n) is 3.32. The molecule has 3 rings (SSSR count). The topological polar surface area (TPSA) is 39.1 Å². The zero-order valence-electron chi connectivity index (χ0n) is 10.6. The molecular formula is C13H21N3O. The monoisotopic (exact) mass is 235 g/mol. The Morgan fingerprint density at radius 1 is 1.59 bits per heavy atom. The van der Waals surface area contributed by atoms with E-state index in [0.29, 0.717) is 24.2 Å². The third kappa shape index (κ3) is 2.00. The number of aromatic nitrogens is 2. The number of hydrogen-bond donors (Lipinski definition) is 1. The van der Waals surface area contributed by atoms with Gasteiger partial charge in [0.1, 0.15) is 0 Å². The van der Waals surface area contributed by atoms with Crippen molar-refractivity contribution in [3.05, 3.63) is 18.0 Å². The van der Waals surface area contributed by atoms with E-state index in [4.69, 9.17) is 4.74 Å². The lowest BCUT2D eigenvalue weighted by atomic mass is 9.82. The first kappa shape index (κ1) is 11.2. The zero-order chi connectivity index (χ0) is 11.8. The maximum atomic E-state index is 5.97. The molecule has 2 aliphatic heterocycles. The minimum absolute atomic E-state index is 0.358. The highest BCUT2D eigenvalue weighted by molar-refractivity contribution is 5.10. The van der Waals surface area contributed by atoms with Gasteiger partial charge in [-0.3, -0.25) is 4.68 Å². The van der Waals surface area contributed by atoms with Gasteiger partial charge in [0, 0.05) is 19.2 Å². The molecule has 1 N–H and O–H groups in total. The number of hydrogen-bond acceptors (Lipinski definition) is 3. The van der Waals surface area contributed by atoms with E-state index >= 15 is 0 Å². The van der Waals surface area contributed by atoms with E-state index in [9.17, 15) is 0 Å². The molecule has 1 aromatic heterocycles. The molecule has 4 atom stereocenters. The van der Waals surface area contributed by atoms with E-state index in [2.05, 4.69) is 23.4 Å². The van der Waals surface area contributed by atoms with Crippen LogP contribution in [0.4, 0.5) is 0 Å². The SMILES string of the molecule is CCNC(c1ccn(C)n1)C1CC2CCC1O2. The summed E-state index contributed by atoms with van der Waals surface area (Å²) in [6.45, 7) is 3.14. The molecule has 94 valence electrons. The minimum Gasteiger partial charge on any atom is -0.375 e. The van der Waals surface area contributed by atoms with Gasteiger partial charge in [-0.25, -0.2) is 0 Å². The highest BCUT2D eigenvalue weighted by Gasteiger charge is 2.45. The fourth-order valence-corrected chi connectivity index (χ4v) is 3.32.